The number of hydrogen-bond acceptors (Lipinski definition) is 5. The van der Waals surface area contributed by atoms with Crippen molar-refractivity contribution < 1.29 is 27.2 Å². The van der Waals surface area contributed by atoms with Gasteiger partial charge in [0.1, 0.15) is 5.75 Å². The quantitative estimate of drug-likeness (QED) is 0.524. The lowest BCUT2D eigenvalue weighted by atomic mass is 9.92. The van der Waals surface area contributed by atoms with Gasteiger partial charge in [0.15, 0.2) is 17.7 Å². The Morgan fingerprint density at radius 2 is 1.72 bits per heavy atom. The number of aliphatic imine (C=N–C) groups is 2. The number of alkyl halides is 3. The Bertz CT molecular complexity index is 1120. The molecule has 0 bridgehead atoms. The Hall–Kier alpha value is -3.59. The number of allylic oxidation sites excluding steroid dienone is 1. The summed E-state index contributed by atoms with van der Waals surface area (Å²) in [5.41, 5.74) is 1.89. The van der Waals surface area contributed by atoms with Crippen LogP contribution in [0.15, 0.2) is 82.8 Å². The normalized spacial score (nSPS) is 21.7. The Labute approximate surface area is 182 Å². The van der Waals surface area contributed by atoms with E-state index >= 15 is 0 Å². The number of anilines is 1. The van der Waals surface area contributed by atoms with Gasteiger partial charge in [-0.05, 0) is 55.7 Å². The first-order chi connectivity index (χ1) is 15.4. The molecular formula is C23H20F3N4O2+. The van der Waals surface area contributed by atoms with Crippen molar-refractivity contribution in [2.45, 2.75) is 31.7 Å². The zero-order valence-corrected chi connectivity index (χ0v) is 16.9. The number of ether oxygens (including phenoxy) is 2. The smallest absolute Gasteiger partial charge is 0.453 e. The molecule has 2 aromatic rings. The predicted octanol–water partition coefficient (Wildman–Crippen LogP) is 5.91. The molecule has 0 saturated heterocycles. The minimum absolute atomic E-state index is 0.0117. The molecule has 0 aromatic heterocycles. The molecule has 1 atom stereocenters. The molecule has 32 heavy (non-hydrogen) atoms. The van der Waals surface area contributed by atoms with Crippen LogP contribution in [-0.2, 0) is 0 Å². The average Bonchev–Trinajstić information content (AvgIpc) is 3.16. The third kappa shape index (κ3) is 3.75. The highest BCUT2D eigenvalue weighted by molar-refractivity contribution is 5.82. The van der Waals surface area contributed by atoms with Crippen molar-refractivity contribution in [3.05, 3.63) is 72.8 Å². The van der Waals surface area contributed by atoms with E-state index in [2.05, 4.69) is 19.7 Å². The highest BCUT2D eigenvalue weighted by Crippen LogP contribution is 2.40. The van der Waals surface area contributed by atoms with E-state index in [9.17, 15) is 13.2 Å². The zero-order chi connectivity index (χ0) is 22.2. The number of para-hydroxylation sites is 2. The van der Waals surface area contributed by atoms with Crippen molar-refractivity contribution in [2.24, 2.45) is 9.98 Å². The lowest BCUT2D eigenvalue weighted by Crippen LogP contribution is -2.61. The van der Waals surface area contributed by atoms with Gasteiger partial charge in [-0.15, -0.1) is 17.8 Å². The minimum atomic E-state index is -4.80. The second kappa shape index (κ2) is 7.83. The van der Waals surface area contributed by atoms with Crippen LogP contribution in [0.2, 0.25) is 0 Å². The van der Waals surface area contributed by atoms with Crippen LogP contribution in [0.25, 0.3) is 0 Å². The topological polar surface area (TPSA) is 46.4 Å². The van der Waals surface area contributed by atoms with Gasteiger partial charge < -0.3 is 9.47 Å². The van der Waals surface area contributed by atoms with Gasteiger partial charge in [-0.1, -0.05) is 12.1 Å². The van der Waals surface area contributed by atoms with Gasteiger partial charge in [0.2, 0.25) is 12.0 Å². The molecule has 2 heterocycles. The molecule has 6 nitrogen and oxygen atoms in total. The van der Waals surface area contributed by atoms with E-state index in [1.807, 2.05) is 24.7 Å². The highest BCUT2D eigenvalue weighted by atomic mass is 19.4. The molecule has 3 aliphatic rings. The van der Waals surface area contributed by atoms with E-state index in [4.69, 9.17) is 4.74 Å². The van der Waals surface area contributed by atoms with E-state index in [1.54, 1.807) is 36.8 Å². The molecule has 0 spiro atoms. The van der Waals surface area contributed by atoms with Crippen LogP contribution in [0.5, 0.6) is 17.2 Å². The van der Waals surface area contributed by atoms with Gasteiger partial charge >= 0.3 is 6.36 Å². The maximum Gasteiger partial charge on any atom is 0.573 e. The fourth-order valence-corrected chi connectivity index (χ4v) is 3.97. The summed E-state index contributed by atoms with van der Waals surface area (Å²) in [5.74, 6) is 0.00353. The third-order valence-corrected chi connectivity index (χ3v) is 5.63. The Balaban J connectivity index is 1.42. The van der Waals surface area contributed by atoms with E-state index in [0.29, 0.717) is 16.4 Å². The van der Waals surface area contributed by atoms with E-state index in [-0.39, 0.29) is 11.5 Å². The SMILES string of the molecule is FC(F)(F)Oc1ccccc1Oc1ccc(N(C2CCC2)[N+]23C=CN=CC2=CN=C3)cc1. The van der Waals surface area contributed by atoms with Crippen LogP contribution in [0, 0.1) is 0 Å². The number of fused-ring (bicyclic) bond motifs is 1. The number of hydrogen-bond donors (Lipinski definition) is 0. The van der Waals surface area contributed by atoms with Crippen molar-refractivity contribution in [1.29, 1.82) is 0 Å². The molecule has 2 aliphatic heterocycles. The summed E-state index contributed by atoms with van der Waals surface area (Å²) in [5, 5.41) is 2.28. The molecule has 9 heteroatoms. The van der Waals surface area contributed by atoms with Crippen LogP contribution in [0.3, 0.4) is 0 Å². The average molecular weight is 441 g/mol. The van der Waals surface area contributed by atoms with Crippen LogP contribution in [0.4, 0.5) is 18.9 Å². The number of rotatable bonds is 6. The first-order valence-electron chi connectivity index (χ1n) is 10.2. The van der Waals surface area contributed by atoms with Crippen LogP contribution >= 0.6 is 0 Å². The molecule has 0 amide bonds. The largest absolute Gasteiger partial charge is 0.573 e. The van der Waals surface area contributed by atoms with Gasteiger partial charge in [0.25, 0.3) is 0 Å². The van der Waals surface area contributed by atoms with Crippen molar-refractivity contribution >= 4 is 18.2 Å². The molecular weight excluding hydrogens is 421 g/mol. The second-order valence-corrected chi connectivity index (χ2v) is 7.65. The monoisotopic (exact) mass is 441 g/mol. The molecule has 5 rings (SSSR count). The molecule has 1 fully saturated rings. The third-order valence-electron chi connectivity index (χ3n) is 5.63. The summed E-state index contributed by atoms with van der Waals surface area (Å²) in [6, 6.07) is 13.3. The van der Waals surface area contributed by atoms with Crippen LogP contribution in [0.1, 0.15) is 19.3 Å². The van der Waals surface area contributed by atoms with Crippen LogP contribution in [-0.4, -0.2) is 29.5 Å². The van der Waals surface area contributed by atoms with Gasteiger partial charge in [0, 0.05) is 0 Å². The summed E-state index contributed by atoms with van der Waals surface area (Å²) in [6.07, 6.45) is 7.69. The number of halogens is 3. The zero-order valence-electron chi connectivity index (χ0n) is 16.9. The van der Waals surface area contributed by atoms with Gasteiger partial charge in [-0.25, -0.2) is 10.0 Å². The Morgan fingerprint density at radius 1 is 0.969 bits per heavy atom. The molecule has 0 N–H and O–H groups in total. The summed E-state index contributed by atoms with van der Waals surface area (Å²) >= 11 is 0. The fourth-order valence-electron chi connectivity index (χ4n) is 3.97. The van der Waals surface area contributed by atoms with Crippen molar-refractivity contribution in [2.75, 3.05) is 5.01 Å². The molecule has 0 radical (unpaired) electrons. The number of benzene rings is 2. The highest BCUT2D eigenvalue weighted by Gasteiger charge is 2.46. The lowest BCUT2D eigenvalue weighted by Gasteiger charge is -2.46. The van der Waals surface area contributed by atoms with Crippen molar-refractivity contribution in [1.82, 2.24) is 0 Å². The summed E-state index contributed by atoms with van der Waals surface area (Å²) < 4.78 is 48.2. The maximum absolute atomic E-state index is 12.7. The van der Waals surface area contributed by atoms with E-state index in [1.165, 1.54) is 18.2 Å². The van der Waals surface area contributed by atoms with Crippen molar-refractivity contribution in [3.63, 3.8) is 0 Å². The second-order valence-electron chi connectivity index (χ2n) is 7.65. The van der Waals surface area contributed by atoms with Crippen LogP contribution < -0.4 is 14.5 Å². The summed E-state index contributed by atoms with van der Waals surface area (Å²) in [6.45, 7) is 0. The molecule has 1 saturated carbocycles. The number of nitrogens with zero attached hydrogens (tertiary/aromatic N) is 4. The van der Waals surface area contributed by atoms with Crippen molar-refractivity contribution in [3.8, 4) is 17.2 Å². The van der Waals surface area contributed by atoms with Gasteiger partial charge in [-0.3, -0.25) is 4.99 Å². The van der Waals surface area contributed by atoms with E-state index < -0.39 is 6.36 Å². The van der Waals surface area contributed by atoms with Gasteiger partial charge in [-0.2, -0.15) is 0 Å². The Kier molecular flexibility index (Phi) is 4.97. The molecule has 1 aliphatic carbocycles. The first-order valence-corrected chi connectivity index (χ1v) is 10.2. The minimum Gasteiger partial charge on any atom is -0.453 e. The summed E-state index contributed by atoms with van der Waals surface area (Å²) in [7, 11) is 0. The summed E-state index contributed by atoms with van der Waals surface area (Å²) in [4.78, 5) is 8.60. The molecule has 2 aromatic carbocycles. The fraction of sp³-hybridized carbons (Fsp3) is 0.217. The van der Waals surface area contributed by atoms with E-state index in [0.717, 1.165) is 30.6 Å². The standard InChI is InChI=1S/C23H20F3N4O2/c24-23(25,26)32-22-7-2-1-6-21(22)31-20-10-8-18(9-11-20)29(17-4-3-5-17)30-13-12-27-14-19(30)15-28-16-30/h1-2,6-17H,3-5H2/q+1. The lowest BCUT2D eigenvalue weighted by molar-refractivity contribution is -0.746. The Morgan fingerprint density at radius 3 is 2.41 bits per heavy atom. The predicted molar refractivity (Wildman–Crippen MR) is 114 cm³/mol. The first kappa shape index (κ1) is 20.3. The molecule has 1 unspecified atom stereocenters. The molecule has 164 valence electrons. The number of quaternary nitrogens is 1. The van der Waals surface area contributed by atoms with Gasteiger partial charge in [0.05, 0.1) is 30.3 Å². The maximum atomic E-state index is 12.7.